The molecule has 1 N–H and O–H groups in total. The number of likely N-dealkylation sites (tertiary alicyclic amines) is 1. The van der Waals surface area contributed by atoms with Crippen molar-refractivity contribution >= 4 is 5.91 Å². The van der Waals surface area contributed by atoms with E-state index in [9.17, 15) is 4.79 Å². The maximum atomic E-state index is 12.0. The summed E-state index contributed by atoms with van der Waals surface area (Å²) >= 11 is 0. The van der Waals surface area contributed by atoms with E-state index in [2.05, 4.69) is 55.3 Å². The van der Waals surface area contributed by atoms with Crippen LogP contribution < -0.4 is 5.32 Å². The first-order chi connectivity index (χ1) is 9.54. The maximum Gasteiger partial charge on any atom is 0.220 e. The lowest BCUT2D eigenvalue weighted by Crippen LogP contribution is -2.38. The zero-order valence-corrected chi connectivity index (χ0v) is 12.9. The van der Waals surface area contributed by atoms with E-state index in [1.54, 1.807) is 0 Å². The Morgan fingerprint density at radius 1 is 1.35 bits per heavy atom. The van der Waals surface area contributed by atoms with Crippen LogP contribution in [0.15, 0.2) is 24.3 Å². The van der Waals surface area contributed by atoms with Crippen molar-refractivity contribution in [2.45, 2.75) is 52.1 Å². The third-order valence-electron chi connectivity index (χ3n) is 4.08. The van der Waals surface area contributed by atoms with Crippen molar-refractivity contribution in [2.24, 2.45) is 0 Å². The Kier molecular flexibility index (Phi) is 5.18. The molecule has 1 aromatic carbocycles. The fourth-order valence-corrected chi connectivity index (χ4v) is 2.69. The molecule has 3 nitrogen and oxygen atoms in total. The first-order valence-electron chi connectivity index (χ1n) is 7.63. The molecular formula is C17H26N2O. The van der Waals surface area contributed by atoms with E-state index in [4.69, 9.17) is 0 Å². The zero-order valence-electron chi connectivity index (χ0n) is 12.9. The van der Waals surface area contributed by atoms with E-state index >= 15 is 0 Å². The van der Waals surface area contributed by atoms with Gasteiger partial charge in [-0.2, -0.15) is 0 Å². The number of benzene rings is 1. The molecule has 1 fully saturated rings. The predicted molar refractivity (Wildman–Crippen MR) is 82.8 cm³/mol. The normalized spacial score (nSPS) is 19.5. The van der Waals surface area contributed by atoms with Crippen molar-refractivity contribution in [3.63, 3.8) is 0 Å². The van der Waals surface area contributed by atoms with Gasteiger partial charge in [0.05, 0.1) is 0 Å². The summed E-state index contributed by atoms with van der Waals surface area (Å²) in [6.07, 6.45) is 2.49. The van der Waals surface area contributed by atoms with Crippen molar-refractivity contribution in [3.05, 3.63) is 35.4 Å². The number of amides is 1. The topological polar surface area (TPSA) is 32.3 Å². The molecule has 1 saturated heterocycles. The zero-order chi connectivity index (χ0) is 14.5. The third kappa shape index (κ3) is 4.34. The van der Waals surface area contributed by atoms with Crippen molar-refractivity contribution in [1.82, 2.24) is 10.2 Å². The second kappa shape index (κ2) is 6.89. The minimum absolute atomic E-state index is 0.182. The lowest BCUT2D eigenvalue weighted by molar-refractivity contribution is -0.121. The summed E-state index contributed by atoms with van der Waals surface area (Å²) in [5.74, 6) is 0.182. The molecule has 20 heavy (non-hydrogen) atoms. The van der Waals surface area contributed by atoms with E-state index < -0.39 is 0 Å². The van der Waals surface area contributed by atoms with Crippen LogP contribution in [0.3, 0.4) is 0 Å². The SMILES string of the molecule is Cc1ccc(CCC(=O)NC2CCN(C(C)C)C2)cc1. The van der Waals surface area contributed by atoms with Gasteiger partial charge in [0.2, 0.25) is 5.91 Å². The molecule has 0 spiro atoms. The van der Waals surface area contributed by atoms with Gasteiger partial charge in [-0.05, 0) is 39.2 Å². The van der Waals surface area contributed by atoms with Gasteiger partial charge < -0.3 is 5.32 Å². The summed E-state index contributed by atoms with van der Waals surface area (Å²) in [6.45, 7) is 8.59. The Balaban J connectivity index is 1.72. The van der Waals surface area contributed by atoms with E-state index in [0.29, 0.717) is 18.5 Å². The van der Waals surface area contributed by atoms with Crippen LogP contribution in [-0.4, -0.2) is 36.0 Å². The number of nitrogens with zero attached hydrogens (tertiary/aromatic N) is 1. The lowest BCUT2D eigenvalue weighted by atomic mass is 10.1. The summed E-state index contributed by atoms with van der Waals surface area (Å²) in [5, 5.41) is 3.16. The van der Waals surface area contributed by atoms with Gasteiger partial charge in [0.15, 0.2) is 0 Å². The molecule has 1 aliphatic rings. The molecule has 0 saturated carbocycles. The van der Waals surface area contributed by atoms with Crippen molar-refractivity contribution in [3.8, 4) is 0 Å². The number of nitrogens with one attached hydrogen (secondary N) is 1. The minimum Gasteiger partial charge on any atom is -0.352 e. The smallest absolute Gasteiger partial charge is 0.220 e. The van der Waals surface area contributed by atoms with E-state index in [1.807, 2.05) is 0 Å². The van der Waals surface area contributed by atoms with Crippen molar-refractivity contribution in [1.29, 1.82) is 0 Å². The van der Waals surface area contributed by atoms with Gasteiger partial charge in [-0.15, -0.1) is 0 Å². The minimum atomic E-state index is 0.182. The lowest BCUT2D eigenvalue weighted by Gasteiger charge is -2.20. The molecule has 0 radical (unpaired) electrons. The van der Waals surface area contributed by atoms with Crippen LogP contribution >= 0.6 is 0 Å². The molecule has 1 heterocycles. The van der Waals surface area contributed by atoms with Gasteiger partial charge >= 0.3 is 0 Å². The van der Waals surface area contributed by atoms with Gasteiger partial charge in [0, 0.05) is 31.6 Å². The summed E-state index contributed by atoms with van der Waals surface area (Å²) in [5.41, 5.74) is 2.50. The second-order valence-corrected chi connectivity index (χ2v) is 6.13. The molecule has 2 rings (SSSR count). The highest BCUT2D eigenvalue weighted by atomic mass is 16.1. The quantitative estimate of drug-likeness (QED) is 0.895. The molecule has 110 valence electrons. The molecule has 1 amide bonds. The standard InChI is InChI=1S/C17H26N2O/c1-13(2)19-11-10-16(12-19)18-17(20)9-8-15-6-4-14(3)5-7-15/h4-7,13,16H,8-12H2,1-3H3,(H,18,20). The van der Waals surface area contributed by atoms with Gasteiger partial charge in [-0.1, -0.05) is 29.8 Å². The predicted octanol–water partition coefficient (Wildman–Crippen LogP) is 2.53. The highest BCUT2D eigenvalue weighted by molar-refractivity contribution is 5.76. The summed E-state index contributed by atoms with van der Waals surface area (Å²) in [4.78, 5) is 14.4. The first kappa shape index (κ1) is 15.0. The van der Waals surface area contributed by atoms with Gasteiger partial charge in [0.1, 0.15) is 0 Å². The van der Waals surface area contributed by atoms with Crippen molar-refractivity contribution in [2.75, 3.05) is 13.1 Å². The molecule has 0 aliphatic carbocycles. The van der Waals surface area contributed by atoms with E-state index in [0.717, 1.165) is 25.9 Å². The van der Waals surface area contributed by atoms with E-state index in [-0.39, 0.29) is 5.91 Å². The fourth-order valence-electron chi connectivity index (χ4n) is 2.69. The number of aryl methyl sites for hydroxylation is 2. The Morgan fingerprint density at radius 3 is 2.65 bits per heavy atom. The monoisotopic (exact) mass is 274 g/mol. The fraction of sp³-hybridized carbons (Fsp3) is 0.588. The van der Waals surface area contributed by atoms with Crippen LogP contribution in [0.4, 0.5) is 0 Å². The average Bonchev–Trinajstić information content (AvgIpc) is 2.87. The Bertz CT molecular complexity index is 439. The second-order valence-electron chi connectivity index (χ2n) is 6.13. The molecule has 0 bridgehead atoms. The van der Waals surface area contributed by atoms with Gasteiger partial charge in [-0.25, -0.2) is 0 Å². The van der Waals surface area contributed by atoms with Crippen LogP contribution in [0, 0.1) is 6.92 Å². The Morgan fingerprint density at radius 2 is 2.05 bits per heavy atom. The molecule has 1 atom stereocenters. The number of carbonyl (C=O) groups is 1. The highest BCUT2D eigenvalue weighted by Crippen LogP contribution is 2.12. The summed E-state index contributed by atoms with van der Waals surface area (Å²) < 4.78 is 0. The van der Waals surface area contributed by atoms with E-state index in [1.165, 1.54) is 11.1 Å². The van der Waals surface area contributed by atoms with Crippen LogP contribution in [0.25, 0.3) is 0 Å². The molecule has 0 aromatic heterocycles. The third-order valence-corrected chi connectivity index (χ3v) is 4.08. The largest absolute Gasteiger partial charge is 0.352 e. The Hall–Kier alpha value is -1.35. The highest BCUT2D eigenvalue weighted by Gasteiger charge is 2.24. The van der Waals surface area contributed by atoms with Gasteiger partial charge in [-0.3, -0.25) is 9.69 Å². The number of hydrogen-bond acceptors (Lipinski definition) is 2. The van der Waals surface area contributed by atoms with Crippen LogP contribution in [0.1, 0.15) is 37.8 Å². The average molecular weight is 274 g/mol. The Labute approximate surface area is 122 Å². The molecule has 1 unspecified atom stereocenters. The number of rotatable bonds is 5. The molecule has 1 aromatic rings. The van der Waals surface area contributed by atoms with Gasteiger partial charge in [0.25, 0.3) is 0 Å². The molecule has 1 aliphatic heterocycles. The molecular weight excluding hydrogens is 248 g/mol. The maximum absolute atomic E-state index is 12.0. The first-order valence-corrected chi connectivity index (χ1v) is 7.63. The van der Waals surface area contributed by atoms with Crippen LogP contribution in [0.2, 0.25) is 0 Å². The summed E-state index contributed by atoms with van der Waals surface area (Å²) in [6, 6.07) is 9.33. The van der Waals surface area contributed by atoms with Crippen molar-refractivity contribution < 1.29 is 4.79 Å². The number of carbonyl (C=O) groups excluding carboxylic acids is 1. The van der Waals surface area contributed by atoms with Crippen LogP contribution in [0.5, 0.6) is 0 Å². The number of hydrogen-bond donors (Lipinski definition) is 1. The summed E-state index contributed by atoms with van der Waals surface area (Å²) in [7, 11) is 0. The molecule has 3 heteroatoms. The van der Waals surface area contributed by atoms with Crippen LogP contribution in [-0.2, 0) is 11.2 Å².